The number of unbranched alkanes of at least 4 members (excludes halogenated alkanes) is 1. The minimum absolute atomic E-state index is 0.111. The molecule has 0 radical (unpaired) electrons. The first-order valence-electron chi connectivity index (χ1n) is 15.3. The van der Waals surface area contributed by atoms with Gasteiger partial charge in [-0.15, -0.1) is 0 Å². The lowest BCUT2D eigenvalue weighted by Crippen LogP contribution is -2.32. The van der Waals surface area contributed by atoms with Crippen molar-refractivity contribution in [2.45, 2.75) is 66.2 Å². The minimum Gasteiger partial charge on any atom is -0.493 e. The number of amides is 1. The number of rotatable bonds is 12. The van der Waals surface area contributed by atoms with Crippen molar-refractivity contribution in [1.82, 2.24) is 5.32 Å². The molecule has 0 aliphatic heterocycles. The summed E-state index contributed by atoms with van der Waals surface area (Å²) in [6.07, 6.45) is 4.22. The van der Waals surface area contributed by atoms with Gasteiger partial charge in [0.05, 0.1) is 23.6 Å². The SMILES string of the molecule is CCN(C)c1ccc(N=C2C=C(C(=O)NCCCCOc3ccc(C(C)(C)CC)cc3C)C(=O)c3ccccc32)c(C)c1. The lowest BCUT2D eigenvalue weighted by Gasteiger charge is -2.24. The van der Waals surface area contributed by atoms with E-state index >= 15 is 0 Å². The first-order valence-corrected chi connectivity index (χ1v) is 15.3. The van der Waals surface area contributed by atoms with E-state index in [2.05, 4.69) is 76.1 Å². The molecule has 3 aromatic rings. The van der Waals surface area contributed by atoms with Crippen LogP contribution in [0.4, 0.5) is 11.4 Å². The number of carbonyl (C=O) groups is 2. The maximum absolute atomic E-state index is 13.3. The van der Waals surface area contributed by atoms with Gasteiger partial charge in [-0.3, -0.25) is 9.59 Å². The molecule has 0 saturated heterocycles. The van der Waals surface area contributed by atoms with Crippen molar-refractivity contribution >= 4 is 28.8 Å². The van der Waals surface area contributed by atoms with Gasteiger partial charge in [-0.05, 0) is 92.5 Å². The van der Waals surface area contributed by atoms with Crippen LogP contribution in [-0.4, -0.2) is 44.1 Å². The first-order chi connectivity index (χ1) is 20.6. The van der Waals surface area contributed by atoms with Gasteiger partial charge in [0.25, 0.3) is 5.91 Å². The Bertz CT molecular complexity index is 1550. The van der Waals surface area contributed by atoms with Crippen LogP contribution in [-0.2, 0) is 10.2 Å². The van der Waals surface area contributed by atoms with E-state index in [1.165, 1.54) is 5.56 Å². The van der Waals surface area contributed by atoms with Gasteiger partial charge in [-0.2, -0.15) is 0 Å². The molecule has 1 N–H and O–H groups in total. The minimum atomic E-state index is -0.380. The number of carbonyl (C=O) groups excluding carboxylic acids is 2. The summed E-state index contributed by atoms with van der Waals surface area (Å²) in [6.45, 7) is 14.9. The van der Waals surface area contributed by atoms with E-state index in [9.17, 15) is 9.59 Å². The number of hydrogen-bond donors (Lipinski definition) is 1. The normalized spacial score (nSPS) is 13.9. The van der Waals surface area contributed by atoms with E-state index in [4.69, 9.17) is 9.73 Å². The van der Waals surface area contributed by atoms with Crippen LogP contribution in [0.5, 0.6) is 5.75 Å². The zero-order chi connectivity index (χ0) is 31.1. The molecule has 0 spiro atoms. The molecule has 1 aliphatic rings. The highest BCUT2D eigenvalue weighted by atomic mass is 16.5. The van der Waals surface area contributed by atoms with Crippen LogP contribution in [0.25, 0.3) is 0 Å². The summed E-state index contributed by atoms with van der Waals surface area (Å²) in [5, 5.41) is 2.93. The molecule has 0 atom stereocenters. The molecule has 43 heavy (non-hydrogen) atoms. The summed E-state index contributed by atoms with van der Waals surface area (Å²) >= 11 is 0. The molecule has 1 aliphatic carbocycles. The second-order valence-electron chi connectivity index (χ2n) is 11.9. The summed E-state index contributed by atoms with van der Waals surface area (Å²) in [5.41, 5.74) is 7.49. The highest BCUT2D eigenvalue weighted by Gasteiger charge is 2.28. The number of benzene rings is 3. The number of aliphatic imine (C=N–C) groups is 1. The number of fused-ring (bicyclic) bond motifs is 1. The number of nitrogens with zero attached hydrogens (tertiary/aromatic N) is 2. The molecular formula is C37H45N3O3. The molecular weight excluding hydrogens is 534 g/mol. The fraction of sp³-hybridized carbons (Fsp3) is 0.378. The van der Waals surface area contributed by atoms with Gasteiger partial charge in [-0.25, -0.2) is 4.99 Å². The van der Waals surface area contributed by atoms with Gasteiger partial charge >= 0.3 is 0 Å². The summed E-state index contributed by atoms with van der Waals surface area (Å²) in [6, 6.07) is 19.9. The van der Waals surface area contributed by atoms with Gasteiger partial charge in [0.1, 0.15) is 5.75 Å². The molecule has 4 rings (SSSR count). The van der Waals surface area contributed by atoms with E-state index in [0.29, 0.717) is 24.4 Å². The highest BCUT2D eigenvalue weighted by molar-refractivity contribution is 6.35. The molecule has 0 bridgehead atoms. The molecule has 1 amide bonds. The lowest BCUT2D eigenvalue weighted by molar-refractivity contribution is -0.117. The summed E-state index contributed by atoms with van der Waals surface area (Å²) in [5.74, 6) is 0.234. The van der Waals surface area contributed by atoms with Crippen molar-refractivity contribution < 1.29 is 14.3 Å². The van der Waals surface area contributed by atoms with Gasteiger partial charge in [0, 0.05) is 37.0 Å². The smallest absolute Gasteiger partial charge is 0.255 e. The van der Waals surface area contributed by atoms with Crippen molar-refractivity contribution in [1.29, 1.82) is 0 Å². The number of ether oxygens (including phenoxy) is 1. The number of ketones is 1. The van der Waals surface area contributed by atoms with Gasteiger partial charge in [0.15, 0.2) is 5.78 Å². The molecule has 6 nitrogen and oxygen atoms in total. The van der Waals surface area contributed by atoms with Crippen LogP contribution < -0.4 is 15.0 Å². The number of Topliss-reactive ketones (excluding diaryl/α,β-unsaturated/α-hetero) is 1. The number of anilines is 1. The predicted octanol–water partition coefficient (Wildman–Crippen LogP) is 7.67. The Morgan fingerprint density at radius 1 is 0.953 bits per heavy atom. The average molecular weight is 580 g/mol. The third kappa shape index (κ3) is 7.42. The Labute approximate surface area is 256 Å². The Balaban J connectivity index is 1.39. The van der Waals surface area contributed by atoms with Crippen LogP contribution in [0.15, 0.2) is 77.3 Å². The van der Waals surface area contributed by atoms with Crippen molar-refractivity contribution in [3.05, 3.63) is 100 Å². The summed E-state index contributed by atoms with van der Waals surface area (Å²) in [4.78, 5) is 33.5. The number of allylic oxidation sites excluding steroid dienone is 1. The summed E-state index contributed by atoms with van der Waals surface area (Å²) < 4.78 is 6.03. The maximum atomic E-state index is 13.3. The third-order valence-electron chi connectivity index (χ3n) is 8.51. The first kappa shape index (κ1) is 31.7. The largest absolute Gasteiger partial charge is 0.493 e. The van der Waals surface area contributed by atoms with Crippen molar-refractivity contribution in [3.8, 4) is 5.75 Å². The number of aryl methyl sites for hydroxylation is 2. The molecule has 0 saturated carbocycles. The summed E-state index contributed by atoms with van der Waals surface area (Å²) in [7, 11) is 2.05. The standard InChI is InChI=1S/C37H45N3O3/c1-8-37(5,6)27-16-19-34(26(4)22-27)43-21-13-12-20-38-36(42)31-24-33(29-14-10-11-15-30(29)35(31)41)39-32-18-17-28(23-25(32)3)40(7)9-2/h10-11,14-19,22-24H,8-9,12-13,20-21H2,1-7H3,(H,38,42). The molecule has 6 heteroatoms. The zero-order valence-corrected chi connectivity index (χ0v) is 26.7. The second kappa shape index (κ2) is 13.9. The van der Waals surface area contributed by atoms with E-state index < -0.39 is 0 Å². The molecule has 0 unspecified atom stereocenters. The van der Waals surface area contributed by atoms with Crippen molar-refractivity contribution in [3.63, 3.8) is 0 Å². The zero-order valence-electron chi connectivity index (χ0n) is 26.7. The Morgan fingerprint density at radius 3 is 2.37 bits per heavy atom. The van der Waals surface area contributed by atoms with Gasteiger partial charge in [0.2, 0.25) is 0 Å². The third-order valence-corrected chi connectivity index (χ3v) is 8.51. The monoisotopic (exact) mass is 579 g/mol. The highest BCUT2D eigenvalue weighted by Crippen LogP contribution is 2.31. The van der Waals surface area contributed by atoms with E-state index in [1.54, 1.807) is 12.1 Å². The quantitative estimate of drug-likeness (QED) is 0.177. The molecule has 0 heterocycles. The van der Waals surface area contributed by atoms with E-state index in [0.717, 1.165) is 59.6 Å². The van der Waals surface area contributed by atoms with Crippen LogP contribution in [0, 0.1) is 13.8 Å². The topological polar surface area (TPSA) is 71.0 Å². The van der Waals surface area contributed by atoms with Crippen LogP contribution in [0.1, 0.15) is 79.6 Å². The van der Waals surface area contributed by atoms with E-state index in [-0.39, 0.29) is 22.7 Å². The van der Waals surface area contributed by atoms with Gasteiger partial charge in [-0.1, -0.05) is 57.2 Å². The van der Waals surface area contributed by atoms with Crippen LogP contribution in [0.2, 0.25) is 0 Å². The molecule has 3 aromatic carbocycles. The van der Waals surface area contributed by atoms with Crippen LogP contribution in [0.3, 0.4) is 0 Å². The lowest BCUT2D eigenvalue weighted by atomic mass is 9.81. The van der Waals surface area contributed by atoms with Gasteiger partial charge < -0.3 is 15.0 Å². The molecule has 226 valence electrons. The Morgan fingerprint density at radius 2 is 1.70 bits per heavy atom. The molecule has 0 aromatic heterocycles. The fourth-order valence-corrected chi connectivity index (χ4v) is 5.05. The second-order valence-corrected chi connectivity index (χ2v) is 11.9. The Hall–Kier alpha value is -4.19. The number of nitrogens with one attached hydrogen (secondary N) is 1. The Kier molecular flexibility index (Phi) is 10.2. The average Bonchev–Trinajstić information content (AvgIpc) is 3.01. The van der Waals surface area contributed by atoms with Crippen LogP contribution >= 0.6 is 0 Å². The number of hydrogen-bond acceptors (Lipinski definition) is 5. The predicted molar refractivity (Wildman–Crippen MR) is 177 cm³/mol. The maximum Gasteiger partial charge on any atom is 0.255 e. The fourth-order valence-electron chi connectivity index (χ4n) is 5.05. The molecule has 0 fully saturated rings. The van der Waals surface area contributed by atoms with E-state index in [1.807, 2.05) is 37.3 Å². The van der Waals surface area contributed by atoms with Crippen molar-refractivity contribution in [2.75, 3.05) is 31.6 Å². The van der Waals surface area contributed by atoms with Crippen molar-refractivity contribution in [2.24, 2.45) is 4.99 Å².